The third-order valence-electron chi connectivity index (χ3n) is 2.89. The molecule has 1 aromatic heterocycles. The highest BCUT2D eigenvalue weighted by Crippen LogP contribution is 2.31. The minimum absolute atomic E-state index is 0.0736. The van der Waals surface area contributed by atoms with Gasteiger partial charge >= 0.3 is 6.61 Å². The lowest BCUT2D eigenvalue weighted by Crippen LogP contribution is -2.20. The van der Waals surface area contributed by atoms with Gasteiger partial charge in [0.25, 0.3) is 0 Å². The highest BCUT2D eigenvalue weighted by atomic mass is 79.9. The molecule has 0 saturated carbocycles. The van der Waals surface area contributed by atoms with Crippen molar-refractivity contribution in [2.45, 2.75) is 19.1 Å². The Labute approximate surface area is 128 Å². The Bertz CT molecular complexity index is 562. The second kappa shape index (κ2) is 7.15. The summed E-state index contributed by atoms with van der Waals surface area (Å²) >= 11 is 5.05. The lowest BCUT2D eigenvalue weighted by molar-refractivity contribution is -0.0507. The van der Waals surface area contributed by atoms with Crippen LogP contribution in [-0.4, -0.2) is 13.7 Å². The van der Waals surface area contributed by atoms with Crippen molar-refractivity contribution >= 4 is 27.3 Å². The second-order valence-electron chi connectivity index (χ2n) is 4.19. The summed E-state index contributed by atoms with van der Waals surface area (Å²) in [5.74, 6) is 0.220. The van der Waals surface area contributed by atoms with E-state index < -0.39 is 6.61 Å². The molecule has 1 unspecified atom stereocenters. The fourth-order valence-electron chi connectivity index (χ4n) is 2.00. The first-order valence-corrected chi connectivity index (χ1v) is 7.71. The molecule has 0 spiro atoms. The standard InChI is InChI=1S/C14H14BrF2NOS/c1-18-12(7-10-6-9(15)8-20-10)11-4-2-3-5-13(11)19-14(16)17/h2-6,8,12,14,18H,7H2,1H3. The van der Waals surface area contributed by atoms with Crippen LogP contribution in [-0.2, 0) is 6.42 Å². The first kappa shape index (κ1) is 15.4. The number of hydrogen-bond acceptors (Lipinski definition) is 3. The molecule has 1 atom stereocenters. The topological polar surface area (TPSA) is 21.3 Å². The molecule has 6 heteroatoms. The van der Waals surface area contributed by atoms with Crippen LogP contribution in [0.5, 0.6) is 5.75 Å². The van der Waals surface area contributed by atoms with Crippen LogP contribution < -0.4 is 10.1 Å². The molecule has 1 N–H and O–H groups in total. The Hall–Kier alpha value is -0.980. The molecule has 2 rings (SSSR count). The van der Waals surface area contributed by atoms with Crippen molar-refractivity contribution in [1.29, 1.82) is 0 Å². The number of alkyl halides is 2. The fourth-order valence-corrected chi connectivity index (χ4v) is 3.50. The summed E-state index contributed by atoms with van der Waals surface area (Å²) in [4.78, 5) is 1.17. The van der Waals surface area contributed by atoms with E-state index in [0.717, 1.165) is 16.5 Å². The molecule has 0 saturated heterocycles. The fraction of sp³-hybridized carbons (Fsp3) is 0.286. The number of ether oxygens (including phenoxy) is 1. The van der Waals surface area contributed by atoms with Crippen LogP contribution in [0.15, 0.2) is 40.2 Å². The van der Waals surface area contributed by atoms with Crippen LogP contribution in [0.2, 0.25) is 0 Å². The van der Waals surface area contributed by atoms with E-state index in [1.165, 1.54) is 4.88 Å². The molecule has 0 aliphatic rings. The maximum atomic E-state index is 12.5. The maximum Gasteiger partial charge on any atom is 0.387 e. The van der Waals surface area contributed by atoms with Crippen molar-refractivity contribution in [2.75, 3.05) is 7.05 Å². The van der Waals surface area contributed by atoms with Gasteiger partial charge < -0.3 is 10.1 Å². The van der Waals surface area contributed by atoms with Crippen molar-refractivity contribution in [3.05, 3.63) is 50.6 Å². The molecule has 108 valence electrons. The monoisotopic (exact) mass is 361 g/mol. The van der Waals surface area contributed by atoms with Crippen molar-refractivity contribution in [3.63, 3.8) is 0 Å². The molecule has 0 amide bonds. The average Bonchev–Trinajstić information content (AvgIpc) is 2.82. The van der Waals surface area contributed by atoms with Gasteiger partial charge in [0.05, 0.1) is 0 Å². The molecular weight excluding hydrogens is 348 g/mol. The van der Waals surface area contributed by atoms with Crippen molar-refractivity contribution < 1.29 is 13.5 Å². The number of rotatable bonds is 6. The molecule has 2 aromatic rings. The van der Waals surface area contributed by atoms with E-state index >= 15 is 0 Å². The van der Waals surface area contributed by atoms with E-state index in [-0.39, 0.29) is 11.8 Å². The largest absolute Gasteiger partial charge is 0.434 e. The molecule has 0 aliphatic carbocycles. The van der Waals surface area contributed by atoms with E-state index in [2.05, 4.69) is 26.0 Å². The van der Waals surface area contributed by atoms with Gasteiger partial charge in [-0.2, -0.15) is 8.78 Å². The minimum Gasteiger partial charge on any atom is -0.434 e. The lowest BCUT2D eigenvalue weighted by atomic mass is 10.0. The molecule has 20 heavy (non-hydrogen) atoms. The van der Waals surface area contributed by atoms with Crippen molar-refractivity contribution in [2.24, 2.45) is 0 Å². The van der Waals surface area contributed by atoms with Gasteiger partial charge in [-0.15, -0.1) is 11.3 Å². The Morgan fingerprint density at radius 3 is 2.70 bits per heavy atom. The van der Waals surface area contributed by atoms with Gasteiger partial charge in [0, 0.05) is 32.8 Å². The van der Waals surface area contributed by atoms with Gasteiger partial charge in [0.2, 0.25) is 0 Å². The number of halogens is 3. The summed E-state index contributed by atoms with van der Waals surface area (Å²) < 4.78 is 30.5. The zero-order valence-corrected chi connectivity index (χ0v) is 13.2. The van der Waals surface area contributed by atoms with Gasteiger partial charge in [0.1, 0.15) is 5.75 Å². The van der Waals surface area contributed by atoms with E-state index in [1.807, 2.05) is 30.6 Å². The molecule has 1 heterocycles. The zero-order chi connectivity index (χ0) is 14.5. The molecule has 0 bridgehead atoms. The highest BCUT2D eigenvalue weighted by molar-refractivity contribution is 9.10. The summed E-state index contributed by atoms with van der Waals surface area (Å²) in [5.41, 5.74) is 0.736. The summed E-state index contributed by atoms with van der Waals surface area (Å²) in [7, 11) is 1.81. The lowest BCUT2D eigenvalue weighted by Gasteiger charge is -2.19. The van der Waals surface area contributed by atoms with Crippen LogP contribution in [0.25, 0.3) is 0 Å². The number of hydrogen-bond donors (Lipinski definition) is 1. The molecular formula is C14H14BrF2NOS. The van der Waals surface area contributed by atoms with Gasteiger partial charge in [-0.3, -0.25) is 0 Å². The summed E-state index contributed by atoms with van der Waals surface area (Å²) in [6.45, 7) is -2.82. The van der Waals surface area contributed by atoms with Crippen molar-refractivity contribution in [1.82, 2.24) is 5.32 Å². The van der Waals surface area contributed by atoms with Crippen LogP contribution in [0.1, 0.15) is 16.5 Å². The molecule has 2 nitrogen and oxygen atoms in total. The SMILES string of the molecule is CNC(Cc1cc(Br)cs1)c1ccccc1OC(F)F. The smallest absolute Gasteiger partial charge is 0.387 e. The van der Waals surface area contributed by atoms with Gasteiger partial charge in [-0.25, -0.2) is 0 Å². The molecule has 0 radical (unpaired) electrons. The van der Waals surface area contributed by atoms with Gasteiger partial charge in [-0.05, 0) is 35.1 Å². The van der Waals surface area contributed by atoms with Crippen LogP contribution in [0, 0.1) is 0 Å². The van der Waals surface area contributed by atoms with Gasteiger partial charge in [0.15, 0.2) is 0 Å². The first-order valence-electron chi connectivity index (χ1n) is 6.04. The normalized spacial score (nSPS) is 12.7. The predicted octanol–water partition coefficient (Wildman–Crippen LogP) is 4.62. The van der Waals surface area contributed by atoms with E-state index in [4.69, 9.17) is 0 Å². The minimum atomic E-state index is -2.82. The van der Waals surface area contributed by atoms with Crippen LogP contribution in [0.3, 0.4) is 0 Å². The second-order valence-corrected chi connectivity index (χ2v) is 6.10. The van der Waals surface area contributed by atoms with Crippen LogP contribution in [0.4, 0.5) is 8.78 Å². The third-order valence-corrected chi connectivity index (χ3v) is 4.61. The third kappa shape index (κ3) is 4.01. The Balaban J connectivity index is 2.22. The van der Waals surface area contributed by atoms with Crippen LogP contribution >= 0.6 is 27.3 Å². The Morgan fingerprint density at radius 2 is 2.10 bits per heavy atom. The predicted molar refractivity (Wildman–Crippen MR) is 80.6 cm³/mol. The quantitative estimate of drug-likeness (QED) is 0.810. The molecule has 1 aromatic carbocycles. The van der Waals surface area contributed by atoms with E-state index in [1.54, 1.807) is 23.5 Å². The summed E-state index contributed by atoms with van der Waals surface area (Å²) in [6.07, 6.45) is 0.719. The number of benzene rings is 1. The number of para-hydroxylation sites is 1. The Kier molecular flexibility index (Phi) is 5.51. The number of likely N-dealkylation sites (N-methyl/N-ethyl adjacent to an activating group) is 1. The average molecular weight is 362 g/mol. The van der Waals surface area contributed by atoms with Crippen molar-refractivity contribution in [3.8, 4) is 5.75 Å². The maximum absolute atomic E-state index is 12.5. The molecule has 0 aliphatic heterocycles. The summed E-state index contributed by atoms with van der Waals surface area (Å²) in [5, 5.41) is 5.16. The van der Waals surface area contributed by atoms with E-state index in [0.29, 0.717) is 0 Å². The number of nitrogens with one attached hydrogen (secondary N) is 1. The first-order chi connectivity index (χ1) is 9.60. The van der Waals surface area contributed by atoms with E-state index in [9.17, 15) is 8.78 Å². The molecule has 0 fully saturated rings. The summed E-state index contributed by atoms with van der Waals surface area (Å²) in [6, 6.07) is 8.84. The Morgan fingerprint density at radius 1 is 1.35 bits per heavy atom. The zero-order valence-electron chi connectivity index (χ0n) is 10.8. The van der Waals surface area contributed by atoms with Gasteiger partial charge in [-0.1, -0.05) is 18.2 Å². The highest BCUT2D eigenvalue weighted by Gasteiger charge is 2.17. The number of thiophene rings is 1.